The predicted molar refractivity (Wildman–Crippen MR) is 60.4 cm³/mol. The molecule has 0 aliphatic rings. The van der Waals surface area contributed by atoms with Crippen molar-refractivity contribution >= 4 is 17.7 Å². The first-order chi connectivity index (χ1) is 7.27. The molecule has 0 aliphatic carbocycles. The maximum absolute atomic E-state index is 10.8. The Labute approximate surface area is 93.8 Å². The number of ether oxygens (including phenoxy) is 2. The monoisotopic (exact) mass is 226 g/mol. The first-order valence-corrected chi connectivity index (χ1v) is 5.83. The topological polar surface area (TPSA) is 35.5 Å². The van der Waals surface area contributed by atoms with Crippen LogP contribution in [0.5, 0.6) is 5.75 Å². The molecule has 4 heteroatoms. The van der Waals surface area contributed by atoms with Gasteiger partial charge in [0.2, 0.25) is 0 Å². The van der Waals surface area contributed by atoms with Gasteiger partial charge in [-0.15, -0.1) is 11.8 Å². The zero-order valence-electron chi connectivity index (χ0n) is 8.86. The van der Waals surface area contributed by atoms with Gasteiger partial charge >= 0.3 is 5.97 Å². The molecule has 0 spiro atoms. The largest absolute Gasteiger partial charge is 0.492 e. The van der Waals surface area contributed by atoms with E-state index >= 15 is 0 Å². The van der Waals surface area contributed by atoms with Gasteiger partial charge in [-0.1, -0.05) is 12.1 Å². The van der Waals surface area contributed by atoms with Crippen LogP contribution < -0.4 is 4.74 Å². The average Bonchev–Trinajstić information content (AvgIpc) is 2.29. The number of hydrogen-bond donors (Lipinski definition) is 0. The van der Waals surface area contributed by atoms with E-state index in [1.165, 1.54) is 7.11 Å². The van der Waals surface area contributed by atoms with E-state index in [2.05, 4.69) is 4.74 Å². The summed E-state index contributed by atoms with van der Waals surface area (Å²) in [5, 5.41) is 0. The van der Waals surface area contributed by atoms with Crippen molar-refractivity contribution in [3.8, 4) is 5.75 Å². The second-order valence-corrected chi connectivity index (χ2v) is 3.67. The van der Waals surface area contributed by atoms with Gasteiger partial charge in [-0.25, -0.2) is 0 Å². The van der Waals surface area contributed by atoms with E-state index in [1.807, 2.05) is 30.5 Å². The molecule has 1 aromatic carbocycles. The van der Waals surface area contributed by atoms with Crippen molar-refractivity contribution in [3.05, 3.63) is 24.3 Å². The number of para-hydroxylation sites is 1. The van der Waals surface area contributed by atoms with Gasteiger partial charge in [-0.2, -0.15) is 0 Å². The fourth-order valence-electron chi connectivity index (χ4n) is 1.08. The van der Waals surface area contributed by atoms with Crippen molar-refractivity contribution in [2.45, 2.75) is 11.3 Å². The quantitative estimate of drug-likeness (QED) is 0.570. The van der Waals surface area contributed by atoms with Crippen molar-refractivity contribution < 1.29 is 14.3 Å². The van der Waals surface area contributed by atoms with Gasteiger partial charge in [-0.3, -0.25) is 4.79 Å². The molecule has 1 rings (SSSR count). The summed E-state index contributed by atoms with van der Waals surface area (Å²) in [5.41, 5.74) is 0. The van der Waals surface area contributed by atoms with Crippen LogP contribution in [0.2, 0.25) is 0 Å². The minimum Gasteiger partial charge on any atom is -0.492 e. The van der Waals surface area contributed by atoms with E-state index in [-0.39, 0.29) is 12.4 Å². The molecule has 0 amide bonds. The molecule has 0 unspecified atom stereocenters. The Morgan fingerprint density at radius 2 is 2.13 bits per heavy atom. The number of carbonyl (C=O) groups is 1. The third kappa shape index (κ3) is 3.83. The zero-order valence-corrected chi connectivity index (χ0v) is 9.67. The van der Waals surface area contributed by atoms with Crippen LogP contribution >= 0.6 is 11.8 Å². The van der Waals surface area contributed by atoms with E-state index in [4.69, 9.17) is 4.74 Å². The second-order valence-electron chi connectivity index (χ2n) is 2.83. The highest BCUT2D eigenvalue weighted by molar-refractivity contribution is 7.98. The molecule has 0 heterocycles. The number of methoxy groups -OCH3 is 1. The maximum Gasteiger partial charge on any atom is 0.308 e. The standard InChI is InChI=1S/C11H14O3S/c1-13-11(12)7-8-14-9-5-3-4-6-10(9)15-2/h3-6H,7-8H2,1-2H3. The molecule has 1 aromatic rings. The average molecular weight is 226 g/mol. The minimum atomic E-state index is -0.253. The summed E-state index contributed by atoms with van der Waals surface area (Å²) in [6, 6.07) is 7.74. The van der Waals surface area contributed by atoms with Crippen LogP contribution in [0.4, 0.5) is 0 Å². The fraction of sp³-hybridized carbons (Fsp3) is 0.364. The van der Waals surface area contributed by atoms with Gasteiger partial charge in [-0.05, 0) is 18.4 Å². The van der Waals surface area contributed by atoms with Crippen LogP contribution in [0.1, 0.15) is 6.42 Å². The zero-order chi connectivity index (χ0) is 11.1. The molecular weight excluding hydrogens is 212 g/mol. The van der Waals surface area contributed by atoms with E-state index in [0.29, 0.717) is 6.61 Å². The molecule has 0 saturated carbocycles. The van der Waals surface area contributed by atoms with Crippen molar-refractivity contribution in [2.24, 2.45) is 0 Å². The molecule has 0 aliphatic heterocycles. The number of thioether (sulfide) groups is 1. The maximum atomic E-state index is 10.8. The van der Waals surface area contributed by atoms with E-state index < -0.39 is 0 Å². The first kappa shape index (κ1) is 11.9. The molecule has 0 bridgehead atoms. The first-order valence-electron chi connectivity index (χ1n) is 4.60. The van der Waals surface area contributed by atoms with Crippen molar-refractivity contribution in [1.29, 1.82) is 0 Å². The molecule has 0 aromatic heterocycles. The highest BCUT2D eigenvalue weighted by Crippen LogP contribution is 2.26. The van der Waals surface area contributed by atoms with Crippen LogP contribution in [0.25, 0.3) is 0 Å². The van der Waals surface area contributed by atoms with E-state index in [1.54, 1.807) is 11.8 Å². The lowest BCUT2D eigenvalue weighted by Gasteiger charge is -2.08. The van der Waals surface area contributed by atoms with Gasteiger partial charge < -0.3 is 9.47 Å². The Morgan fingerprint density at radius 1 is 1.40 bits per heavy atom. The fourth-order valence-corrected chi connectivity index (χ4v) is 1.63. The van der Waals surface area contributed by atoms with E-state index in [9.17, 15) is 4.79 Å². The summed E-state index contributed by atoms with van der Waals surface area (Å²) in [4.78, 5) is 11.9. The Kier molecular flexibility index (Phi) is 5.04. The molecule has 0 atom stereocenters. The Bertz CT molecular complexity index is 325. The van der Waals surface area contributed by atoms with E-state index in [0.717, 1.165) is 10.6 Å². The summed E-state index contributed by atoms with van der Waals surface area (Å²) in [7, 11) is 1.37. The van der Waals surface area contributed by atoms with Gasteiger partial charge in [0.25, 0.3) is 0 Å². The van der Waals surface area contributed by atoms with Crippen molar-refractivity contribution in [1.82, 2.24) is 0 Å². The molecule has 0 saturated heterocycles. The van der Waals surface area contributed by atoms with Gasteiger partial charge in [0, 0.05) is 4.90 Å². The molecule has 82 valence electrons. The lowest BCUT2D eigenvalue weighted by atomic mass is 10.3. The summed E-state index contributed by atoms with van der Waals surface area (Å²) >= 11 is 1.62. The molecule has 15 heavy (non-hydrogen) atoms. The number of esters is 1. The van der Waals surface area contributed by atoms with Gasteiger partial charge in [0.15, 0.2) is 0 Å². The normalized spacial score (nSPS) is 9.73. The number of carbonyl (C=O) groups excluding carboxylic acids is 1. The van der Waals surface area contributed by atoms with Gasteiger partial charge in [0.05, 0.1) is 20.1 Å². The lowest BCUT2D eigenvalue weighted by Crippen LogP contribution is -2.07. The molecule has 3 nitrogen and oxygen atoms in total. The Morgan fingerprint density at radius 3 is 2.80 bits per heavy atom. The summed E-state index contributed by atoms with van der Waals surface area (Å²) in [5.74, 6) is 0.561. The van der Waals surface area contributed by atoms with Crippen LogP contribution in [0.15, 0.2) is 29.2 Å². The predicted octanol–water partition coefficient (Wildman–Crippen LogP) is 2.35. The highest BCUT2D eigenvalue weighted by atomic mass is 32.2. The molecule has 0 N–H and O–H groups in total. The van der Waals surface area contributed by atoms with Crippen LogP contribution in [0.3, 0.4) is 0 Å². The van der Waals surface area contributed by atoms with Gasteiger partial charge in [0.1, 0.15) is 5.75 Å². The third-order valence-corrected chi connectivity index (χ3v) is 2.64. The van der Waals surface area contributed by atoms with Crippen molar-refractivity contribution in [3.63, 3.8) is 0 Å². The Hall–Kier alpha value is -1.16. The summed E-state index contributed by atoms with van der Waals surface area (Å²) in [6.45, 7) is 0.351. The molecule has 0 radical (unpaired) electrons. The third-order valence-electron chi connectivity index (χ3n) is 1.86. The highest BCUT2D eigenvalue weighted by Gasteiger charge is 2.03. The number of hydrogen-bond acceptors (Lipinski definition) is 4. The van der Waals surface area contributed by atoms with Crippen LogP contribution in [-0.4, -0.2) is 25.9 Å². The summed E-state index contributed by atoms with van der Waals surface area (Å²) in [6.07, 6.45) is 2.27. The Balaban J connectivity index is 2.46. The van der Waals surface area contributed by atoms with Crippen LogP contribution in [-0.2, 0) is 9.53 Å². The molecular formula is C11H14O3S. The lowest BCUT2D eigenvalue weighted by molar-refractivity contribution is -0.141. The van der Waals surface area contributed by atoms with Crippen molar-refractivity contribution in [2.75, 3.05) is 20.0 Å². The second kappa shape index (κ2) is 6.35. The minimum absolute atomic E-state index is 0.253. The number of rotatable bonds is 5. The molecule has 0 fully saturated rings. The van der Waals surface area contributed by atoms with Crippen LogP contribution in [0, 0.1) is 0 Å². The SMILES string of the molecule is COC(=O)CCOc1ccccc1SC. The number of benzene rings is 1. The smallest absolute Gasteiger partial charge is 0.308 e. The summed E-state index contributed by atoms with van der Waals surface area (Å²) < 4.78 is 10.00.